The molecule has 78 valence electrons. The van der Waals surface area contributed by atoms with Crippen LogP contribution >= 0.6 is 0 Å². The Balaban J connectivity index is 2.66. The highest BCUT2D eigenvalue weighted by molar-refractivity contribution is 5.86. The molecule has 0 saturated carbocycles. The minimum Gasteiger partial charge on any atom is -0.475 e. The third kappa shape index (κ3) is 2.58. The third-order valence-corrected chi connectivity index (χ3v) is 1.86. The van der Waals surface area contributed by atoms with Gasteiger partial charge in [-0.15, -0.1) is 0 Å². The first-order valence-corrected chi connectivity index (χ1v) is 4.24. The molecule has 1 heterocycles. The van der Waals surface area contributed by atoms with Gasteiger partial charge in [-0.25, -0.2) is 4.79 Å². The molecule has 0 aliphatic heterocycles. The van der Waals surface area contributed by atoms with Gasteiger partial charge in [0.05, 0.1) is 12.9 Å². The summed E-state index contributed by atoms with van der Waals surface area (Å²) < 4.78 is 4.82. The van der Waals surface area contributed by atoms with Crippen molar-refractivity contribution in [2.24, 2.45) is 0 Å². The summed E-state index contributed by atoms with van der Waals surface area (Å²) in [6.07, 6.45) is 1.35. The molecule has 0 aromatic carbocycles. The summed E-state index contributed by atoms with van der Waals surface area (Å²) in [5, 5.41) is 17.4. The Morgan fingerprint density at radius 3 is 2.93 bits per heavy atom. The topological polar surface area (TPSA) is 73.9 Å². The summed E-state index contributed by atoms with van der Waals surface area (Å²) in [6.45, 7) is 1.01. The molecule has 2 N–H and O–H groups in total. The smallest absolute Gasteiger partial charge is 0.372 e. The normalized spacial score (nSPS) is 10.8. The average Bonchev–Trinajstić information content (AvgIpc) is 2.52. The summed E-state index contributed by atoms with van der Waals surface area (Å²) in [6, 6.07) is 1.62. The van der Waals surface area contributed by atoms with Crippen LogP contribution in [0.25, 0.3) is 0 Å². The molecule has 14 heavy (non-hydrogen) atoms. The van der Waals surface area contributed by atoms with Gasteiger partial charge in [0.2, 0.25) is 5.76 Å². The van der Waals surface area contributed by atoms with Gasteiger partial charge in [0, 0.05) is 18.7 Å². The van der Waals surface area contributed by atoms with Gasteiger partial charge in [0.15, 0.2) is 0 Å². The summed E-state index contributed by atoms with van der Waals surface area (Å²) in [5.74, 6) is -1.10. The zero-order valence-corrected chi connectivity index (χ0v) is 7.93. The van der Waals surface area contributed by atoms with Crippen molar-refractivity contribution in [1.82, 2.24) is 4.90 Å². The van der Waals surface area contributed by atoms with Crippen LogP contribution in [-0.2, 0) is 6.54 Å². The predicted molar refractivity (Wildman–Crippen MR) is 49.1 cm³/mol. The number of hydrogen-bond acceptors (Lipinski definition) is 4. The van der Waals surface area contributed by atoms with Crippen molar-refractivity contribution >= 4 is 5.97 Å². The van der Waals surface area contributed by atoms with Gasteiger partial charge in [-0.2, -0.15) is 0 Å². The van der Waals surface area contributed by atoms with Crippen LogP contribution < -0.4 is 0 Å². The maximum absolute atomic E-state index is 10.7. The molecule has 0 fully saturated rings. The van der Waals surface area contributed by atoms with Gasteiger partial charge in [0.1, 0.15) is 0 Å². The van der Waals surface area contributed by atoms with Gasteiger partial charge in [-0.1, -0.05) is 0 Å². The van der Waals surface area contributed by atoms with Gasteiger partial charge >= 0.3 is 5.97 Å². The van der Waals surface area contributed by atoms with E-state index in [4.69, 9.17) is 14.6 Å². The molecule has 1 aromatic heterocycles. The molecule has 0 spiro atoms. The fraction of sp³-hybridized carbons (Fsp3) is 0.444. The van der Waals surface area contributed by atoms with Crippen LogP contribution in [0.5, 0.6) is 0 Å². The van der Waals surface area contributed by atoms with E-state index in [0.29, 0.717) is 18.7 Å². The number of furan rings is 1. The molecule has 0 aliphatic rings. The SMILES string of the molecule is CN(CCO)Cc1ccoc1C(=O)O. The molecule has 0 atom stereocenters. The minimum absolute atomic E-state index is 0.0326. The van der Waals surface area contributed by atoms with Crippen LogP contribution in [0.2, 0.25) is 0 Å². The Bertz CT molecular complexity index is 308. The molecule has 5 nitrogen and oxygen atoms in total. The highest BCUT2D eigenvalue weighted by Gasteiger charge is 2.14. The van der Waals surface area contributed by atoms with E-state index >= 15 is 0 Å². The van der Waals surface area contributed by atoms with Crippen molar-refractivity contribution in [3.8, 4) is 0 Å². The molecule has 0 bridgehead atoms. The van der Waals surface area contributed by atoms with Gasteiger partial charge in [-0.3, -0.25) is 4.90 Å². The predicted octanol–water partition coefficient (Wildman–Crippen LogP) is 0.402. The van der Waals surface area contributed by atoms with E-state index in [1.54, 1.807) is 13.1 Å². The fourth-order valence-corrected chi connectivity index (χ4v) is 1.19. The molecule has 0 unspecified atom stereocenters. The number of aromatic carboxylic acids is 1. The second-order valence-electron chi connectivity index (χ2n) is 3.04. The average molecular weight is 199 g/mol. The van der Waals surface area contributed by atoms with Crippen LogP contribution in [0.1, 0.15) is 16.1 Å². The standard InChI is InChI=1S/C9H13NO4/c1-10(3-4-11)6-7-2-5-14-8(7)9(12)13/h2,5,11H,3-4,6H2,1H3,(H,12,13). The van der Waals surface area contributed by atoms with Crippen molar-refractivity contribution in [2.45, 2.75) is 6.54 Å². The number of aliphatic hydroxyl groups is 1. The van der Waals surface area contributed by atoms with Crippen LogP contribution in [0.3, 0.4) is 0 Å². The van der Waals surface area contributed by atoms with Gasteiger partial charge in [0.25, 0.3) is 0 Å². The molecule has 0 radical (unpaired) electrons. The molecular formula is C9H13NO4. The van der Waals surface area contributed by atoms with Crippen molar-refractivity contribution in [2.75, 3.05) is 20.2 Å². The monoisotopic (exact) mass is 199 g/mol. The maximum atomic E-state index is 10.7. The lowest BCUT2D eigenvalue weighted by molar-refractivity contribution is 0.0659. The van der Waals surface area contributed by atoms with E-state index in [9.17, 15) is 4.79 Å². The number of nitrogens with zero attached hydrogens (tertiary/aromatic N) is 1. The van der Waals surface area contributed by atoms with E-state index in [2.05, 4.69) is 0 Å². The Kier molecular flexibility index (Phi) is 3.67. The van der Waals surface area contributed by atoms with Crippen LogP contribution in [0.4, 0.5) is 0 Å². The van der Waals surface area contributed by atoms with E-state index < -0.39 is 5.97 Å². The number of likely N-dealkylation sites (N-methyl/N-ethyl adjacent to an activating group) is 1. The van der Waals surface area contributed by atoms with E-state index in [1.807, 2.05) is 4.90 Å². The zero-order chi connectivity index (χ0) is 10.6. The third-order valence-electron chi connectivity index (χ3n) is 1.86. The number of rotatable bonds is 5. The summed E-state index contributed by atoms with van der Waals surface area (Å²) in [5.41, 5.74) is 0.619. The quantitative estimate of drug-likeness (QED) is 0.718. The molecule has 0 saturated heterocycles. The molecule has 5 heteroatoms. The molecule has 0 aliphatic carbocycles. The first-order chi connectivity index (χ1) is 6.65. The second kappa shape index (κ2) is 4.78. The van der Waals surface area contributed by atoms with E-state index in [-0.39, 0.29) is 12.4 Å². The van der Waals surface area contributed by atoms with Crippen molar-refractivity contribution in [3.05, 3.63) is 23.7 Å². The van der Waals surface area contributed by atoms with Gasteiger partial charge < -0.3 is 14.6 Å². The molecular weight excluding hydrogens is 186 g/mol. The highest BCUT2D eigenvalue weighted by Crippen LogP contribution is 2.12. The summed E-state index contributed by atoms with van der Waals surface area (Å²) in [4.78, 5) is 12.5. The number of carboxylic acids is 1. The lowest BCUT2D eigenvalue weighted by atomic mass is 10.2. The van der Waals surface area contributed by atoms with Crippen molar-refractivity contribution < 1.29 is 19.4 Å². The lowest BCUT2D eigenvalue weighted by Gasteiger charge is -2.13. The van der Waals surface area contributed by atoms with Crippen molar-refractivity contribution in [3.63, 3.8) is 0 Å². The molecule has 1 aromatic rings. The number of carboxylic acid groups (broad SMARTS) is 1. The Hall–Kier alpha value is -1.33. The van der Waals surface area contributed by atoms with Crippen LogP contribution in [-0.4, -0.2) is 41.3 Å². The first-order valence-electron chi connectivity index (χ1n) is 4.24. The van der Waals surface area contributed by atoms with Crippen molar-refractivity contribution in [1.29, 1.82) is 0 Å². The van der Waals surface area contributed by atoms with E-state index in [0.717, 1.165) is 0 Å². The second-order valence-corrected chi connectivity index (χ2v) is 3.04. The lowest BCUT2D eigenvalue weighted by Crippen LogP contribution is -2.22. The fourth-order valence-electron chi connectivity index (χ4n) is 1.19. The molecule has 1 rings (SSSR count). The summed E-state index contributed by atoms with van der Waals surface area (Å²) in [7, 11) is 1.80. The number of carbonyl (C=O) groups is 1. The van der Waals surface area contributed by atoms with Crippen LogP contribution in [0.15, 0.2) is 16.7 Å². The maximum Gasteiger partial charge on any atom is 0.372 e. The highest BCUT2D eigenvalue weighted by atomic mass is 16.4. The Morgan fingerprint density at radius 2 is 2.36 bits per heavy atom. The van der Waals surface area contributed by atoms with Crippen LogP contribution in [0, 0.1) is 0 Å². The Labute approximate surface area is 81.6 Å². The largest absolute Gasteiger partial charge is 0.475 e. The van der Waals surface area contributed by atoms with E-state index in [1.165, 1.54) is 6.26 Å². The van der Waals surface area contributed by atoms with Gasteiger partial charge in [-0.05, 0) is 13.1 Å². The number of hydrogen-bond donors (Lipinski definition) is 2. The Morgan fingerprint density at radius 1 is 1.64 bits per heavy atom. The first kappa shape index (κ1) is 10.7. The zero-order valence-electron chi connectivity index (χ0n) is 7.93. The molecule has 0 amide bonds. The minimum atomic E-state index is -1.07. The number of aliphatic hydroxyl groups excluding tert-OH is 1. The summed E-state index contributed by atoms with van der Waals surface area (Å²) >= 11 is 0.